The Hall–Kier alpha value is -1.95. The molecule has 0 saturated carbocycles. The van der Waals surface area contributed by atoms with Crippen LogP contribution in [-0.2, 0) is 6.61 Å². The zero-order valence-electron chi connectivity index (χ0n) is 9.21. The summed E-state index contributed by atoms with van der Waals surface area (Å²) >= 11 is 3.25. The van der Waals surface area contributed by atoms with Gasteiger partial charge in [0.1, 0.15) is 16.9 Å². The third kappa shape index (κ3) is 3.27. The van der Waals surface area contributed by atoms with Gasteiger partial charge in [-0.3, -0.25) is 0 Å². The number of carbonyl (C=O) groups is 1. The summed E-state index contributed by atoms with van der Waals surface area (Å²) in [7, 11) is 0. The number of carboxylic acid groups (broad SMARTS) is 1. The summed E-state index contributed by atoms with van der Waals surface area (Å²) in [6.45, 7) is 0.288. The highest BCUT2D eigenvalue weighted by atomic mass is 79.9. The van der Waals surface area contributed by atoms with E-state index in [4.69, 9.17) is 9.84 Å². The van der Waals surface area contributed by atoms with Crippen LogP contribution in [0.5, 0.6) is 5.88 Å². The fourth-order valence-electron chi connectivity index (χ4n) is 1.26. The standard InChI is InChI=1S/C12H9BrN2O3/c13-10-2-1-3-11(15-10)18-7-8-4-5-9(12(16)17)14-6-8/h1-6H,7H2,(H,16,17). The van der Waals surface area contributed by atoms with E-state index in [9.17, 15) is 4.79 Å². The van der Waals surface area contributed by atoms with Crippen LogP contribution < -0.4 is 4.74 Å². The summed E-state index contributed by atoms with van der Waals surface area (Å²) in [5.74, 6) is -0.553. The average Bonchev–Trinajstić information content (AvgIpc) is 2.37. The number of nitrogens with zero attached hydrogens (tertiary/aromatic N) is 2. The van der Waals surface area contributed by atoms with Crippen molar-refractivity contribution in [2.75, 3.05) is 0 Å². The molecule has 0 amide bonds. The SMILES string of the molecule is O=C(O)c1ccc(COc2cccc(Br)n2)cn1. The first-order chi connectivity index (χ1) is 8.65. The van der Waals surface area contributed by atoms with Gasteiger partial charge in [0.25, 0.3) is 0 Å². The minimum absolute atomic E-state index is 0.0133. The maximum Gasteiger partial charge on any atom is 0.354 e. The Morgan fingerprint density at radius 3 is 2.78 bits per heavy atom. The zero-order chi connectivity index (χ0) is 13.0. The first-order valence-electron chi connectivity index (χ1n) is 5.09. The Morgan fingerprint density at radius 1 is 1.33 bits per heavy atom. The molecule has 0 radical (unpaired) electrons. The molecule has 0 aliphatic rings. The molecule has 0 aromatic carbocycles. The number of carboxylic acids is 1. The topological polar surface area (TPSA) is 72.3 Å². The lowest BCUT2D eigenvalue weighted by molar-refractivity contribution is 0.0690. The number of pyridine rings is 2. The molecule has 2 aromatic heterocycles. The number of rotatable bonds is 4. The van der Waals surface area contributed by atoms with E-state index in [1.54, 1.807) is 18.2 Å². The number of halogens is 1. The van der Waals surface area contributed by atoms with E-state index < -0.39 is 5.97 Å². The zero-order valence-corrected chi connectivity index (χ0v) is 10.8. The van der Waals surface area contributed by atoms with Crippen LogP contribution in [0.15, 0.2) is 41.1 Å². The predicted molar refractivity (Wildman–Crippen MR) is 67.5 cm³/mol. The molecule has 0 spiro atoms. The molecule has 0 aliphatic carbocycles. The van der Waals surface area contributed by atoms with E-state index in [1.165, 1.54) is 12.3 Å². The van der Waals surface area contributed by atoms with Crippen molar-refractivity contribution in [1.82, 2.24) is 9.97 Å². The molecule has 5 nitrogen and oxygen atoms in total. The fraction of sp³-hybridized carbons (Fsp3) is 0.0833. The summed E-state index contributed by atoms with van der Waals surface area (Å²) in [5, 5.41) is 8.71. The van der Waals surface area contributed by atoms with Crippen molar-refractivity contribution < 1.29 is 14.6 Å². The first kappa shape index (κ1) is 12.5. The molecule has 2 rings (SSSR count). The van der Waals surface area contributed by atoms with Gasteiger partial charge in [0.15, 0.2) is 0 Å². The molecule has 6 heteroatoms. The monoisotopic (exact) mass is 308 g/mol. The molecule has 0 fully saturated rings. The summed E-state index contributed by atoms with van der Waals surface area (Å²) in [6, 6.07) is 8.46. The van der Waals surface area contributed by atoms with Crippen LogP contribution in [0.4, 0.5) is 0 Å². The van der Waals surface area contributed by atoms with Crippen molar-refractivity contribution in [3.63, 3.8) is 0 Å². The Bertz CT molecular complexity index is 558. The first-order valence-corrected chi connectivity index (χ1v) is 5.88. The summed E-state index contributed by atoms with van der Waals surface area (Å²) in [6.07, 6.45) is 1.47. The smallest absolute Gasteiger partial charge is 0.354 e. The van der Waals surface area contributed by atoms with Crippen LogP contribution >= 0.6 is 15.9 Å². The Balaban J connectivity index is 2.00. The largest absolute Gasteiger partial charge is 0.477 e. The van der Waals surface area contributed by atoms with Gasteiger partial charge in [0, 0.05) is 17.8 Å². The highest BCUT2D eigenvalue weighted by Crippen LogP contribution is 2.13. The lowest BCUT2D eigenvalue weighted by atomic mass is 10.2. The van der Waals surface area contributed by atoms with Crippen molar-refractivity contribution in [1.29, 1.82) is 0 Å². The van der Waals surface area contributed by atoms with Crippen LogP contribution in [0.1, 0.15) is 16.1 Å². The van der Waals surface area contributed by atoms with Crippen LogP contribution in [0.2, 0.25) is 0 Å². The molecule has 0 unspecified atom stereocenters. The van der Waals surface area contributed by atoms with Gasteiger partial charge >= 0.3 is 5.97 Å². The van der Waals surface area contributed by atoms with Gasteiger partial charge in [-0.05, 0) is 28.1 Å². The van der Waals surface area contributed by atoms with Crippen molar-refractivity contribution >= 4 is 21.9 Å². The van der Waals surface area contributed by atoms with Crippen LogP contribution in [-0.4, -0.2) is 21.0 Å². The second-order valence-corrected chi connectivity index (χ2v) is 4.26. The van der Waals surface area contributed by atoms with Gasteiger partial charge in [0.05, 0.1) is 0 Å². The molecule has 0 saturated heterocycles. The summed E-state index contributed by atoms with van der Waals surface area (Å²) in [5.41, 5.74) is 0.793. The highest BCUT2D eigenvalue weighted by Gasteiger charge is 2.04. The Labute approximate surface area is 112 Å². The van der Waals surface area contributed by atoms with E-state index in [0.29, 0.717) is 10.5 Å². The molecular weight excluding hydrogens is 300 g/mol. The Kier molecular flexibility index (Phi) is 3.88. The van der Waals surface area contributed by atoms with E-state index >= 15 is 0 Å². The number of aromatic nitrogens is 2. The highest BCUT2D eigenvalue weighted by molar-refractivity contribution is 9.10. The van der Waals surface area contributed by atoms with Crippen LogP contribution in [0, 0.1) is 0 Å². The molecule has 2 aromatic rings. The van der Waals surface area contributed by atoms with Crippen molar-refractivity contribution in [3.8, 4) is 5.88 Å². The van der Waals surface area contributed by atoms with Crippen LogP contribution in [0.25, 0.3) is 0 Å². The van der Waals surface area contributed by atoms with E-state index in [-0.39, 0.29) is 12.3 Å². The van der Waals surface area contributed by atoms with Crippen LogP contribution in [0.3, 0.4) is 0 Å². The van der Waals surface area contributed by atoms with Gasteiger partial charge in [-0.1, -0.05) is 12.1 Å². The van der Waals surface area contributed by atoms with Gasteiger partial charge < -0.3 is 9.84 Å². The number of aromatic carboxylic acids is 1. The normalized spacial score (nSPS) is 10.1. The number of hydrogen-bond donors (Lipinski definition) is 1. The second-order valence-electron chi connectivity index (χ2n) is 3.44. The maximum absolute atomic E-state index is 10.6. The Morgan fingerprint density at radius 2 is 2.17 bits per heavy atom. The minimum atomic E-state index is -1.05. The average molecular weight is 309 g/mol. The van der Waals surface area contributed by atoms with E-state index in [0.717, 1.165) is 5.56 Å². The van der Waals surface area contributed by atoms with Gasteiger partial charge in [-0.15, -0.1) is 0 Å². The second kappa shape index (κ2) is 5.59. The van der Waals surface area contributed by atoms with Crippen molar-refractivity contribution in [2.24, 2.45) is 0 Å². The lowest BCUT2D eigenvalue weighted by Crippen LogP contribution is -2.02. The summed E-state index contributed by atoms with van der Waals surface area (Å²) < 4.78 is 6.14. The molecule has 92 valence electrons. The third-order valence-electron chi connectivity index (χ3n) is 2.12. The van der Waals surface area contributed by atoms with Gasteiger partial charge in [-0.25, -0.2) is 14.8 Å². The van der Waals surface area contributed by atoms with Crippen molar-refractivity contribution in [2.45, 2.75) is 6.61 Å². The van der Waals surface area contributed by atoms with E-state index in [2.05, 4.69) is 25.9 Å². The molecule has 1 N–H and O–H groups in total. The quantitative estimate of drug-likeness (QED) is 0.879. The number of ether oxygens (including phenoxy) is 1. The number of hydrogen-bond acceptors (Lipinski definition) is 4. The van der Waals surface area contributed by atoms with Crippen molar-refractivity contribution in [3.05, 3.63) is 52.4 Å². The molecule has 0 atom stereocenters. The van der Waals surface area contributed by atoms with Gasteiger partial charge in [0.2, 0.25) is 5.88 Å². The predicted octanol–water partition coefficient (Wildman–Crippen LogP) is 2.52. The van der Waals surface area contributed by atoms with Gasteiger partial charge in [-0.2, -0.15) is 0 Å². The molecule has 0 aliphatic heterocycles. The molecule has 18 heavy (non-hydrogen) atoms. The fourth-order valence-corrected chi connectivity index (χ4v) is 1.59. The summed E-state index contributed by atoms with van der Waals surface area (Å²) in [4.78, 5) is 18.5. The third-order valence-corrected chi connectivity index (χ3v) is 2.56. The molecule has 2 heterocycles. The lowest BCUT2D eigenvalue weighted by Gasteiger charge is -2.05. The molecular formula is C12H9BrN2O3. The molecule has 0 bridgehead atoms. The maximum atomic E-state index is 10.6. The van der Waals surface area contributed by atoms with E-state index in [1.807, 2.05) is 6.07 Å². The minimum Gasteiger partial charge on any atom is -0.477 e.